The second kappa shape index (κ2) is 4.78. The number of carbonyl (C=O) groups is 1. The molecule has 0 aromatic rings. The van der Waals surface area contributed by atoms with Crippen LogP contribution in [0.4, 0.5) is 0 Å². The van der Waals surface area contributed by atoms with Gasteiger partial charge >= 0.3 is 5.97 Å². The highest BCUT2D eigenvalue weighted by Gasteiger charge is 2.31. The fourth-order valence-electron chi connectivity index (χ4n) is 2.46. The average molecular weight is 199 g/mol. The van der Waals surface area contributed by atoms with Crippen LogP contribution in [0.1, 0.15) is 40.0 Å². The van der Waals surface area contributed by atoms with Crippen molar-refractivity contribution in [1.29, 1.82) is 0 Å². The summed E-state index contributed by atoms with van der Waals surface area (Å²) in [6.07, 6.45) is 3.65. The van der Waals surface area contributed by atoms with E-state index in [0.717, 1.165) is 6.42 Å². The summed E-state index contributed by atoms with van der Waals surface area (Å²) in [6, 6.07) is 0.808. The van der Waals surface area contributed by atoms with Gasteiger partial charge in [0.25, 0.3) is 0 Å². The molecule has 1 aliphatic carbocycles. The Hall–Kier alpha value is -0.570. The summed E-state index contributed by atoms with van der Waals surface area (Å²) >= 11 is 0. The smallest absolute Gasteiger partial charge is 0.317 e. The van der Waals surface area contributed by atoms with Gasteiger partial charge in [-0.1, -0.05) is 13.3 Å². The molecule has 3 heteroatoms. The molecule has 14 heavy (non-hydrogen) atoms. The highest BCUT2D eigenvalue weighted by Crippen LogP contribution is 2.30. The topological polar surface area (TPSA) is 40.5 Å². The van der Waals surface area contributed by atoms with Crippen molar-refractivity contribution in [3.8, 4) is 0 Å². The first kappa shape index (κ1) is 11.5. The Morgan fingerprint density at radius 1 is 1.50 bits per heavy atom. The van der Waals surface area contributed by atoms with Crippen molar-refractivity contribution in [3.63, 3.8) is 0 Å². The minimum atomic E-state index is -0.710. The lowest BCUT2D eigenvalue weighted by molar-refractivity contribution is -0.139. The molecule has 0 saturated heterocycles. The lowest BCUT2D eigenvalue weighted by atomic mass is 10.0. The molecule has 2 unspecified atom stereocenters. The number of aliphatic carboxylic acids is 1. The second-order valence-electron chi connectivity index (χ2n) is 4.64. The number of nitrogens with zero attached hydrogens (tertiary/aromatic N) is 1. The number of carboxylic acid groups (broad SMARTS) is 1. The molecule has 0 aromatic heterocycles. The van der Waals surface area contributed by atoms with E-state index in [1.165, 1.54) is 12.8 Å². The van der Waals surface area contributed by atoms with Gasteiger partial charge < -0.3 is 5.11 Å². The van der Waals surface area contributed by atoms with Gasteiger partial charge in [-0.05, 0) is 32.6 Å². The molecule has 0 aliphatic heterocycles. The summed E-state index contributed by atoms with van der Waals surface area (Å²) in [5.74, 6) is -0.0606. The Bertz CT molecular complexity index is 203. The van der Waals surface area contributed by atoms with E-state index in [4.69, 9.17) is 5.11 Å². The summed E-state index contributed by atoms with van der Waals surface area (Å²) < 4.78 is 0. The highest BCUT2D eigenvalue weighted by molar-refractivity contribution is 5.69. The first-order valence-corrected chi connectivity index (χ1v) is 5.50. The number of hydrogen-bond acceptors (Lipinski definition) is 2. The molecule has 0 bridgehead atoms. The van der Waals surface area contributed by atoms with Crippen molar-refractivity contribution in [2.45, 2.75) is 52.1 Å². The zero-order valence-electron chi connectivity index (χ0n) is 9.36. The summed E-state index contributed by atoms with van der Waals surface area (Å²) in [5.41, 5.74) is 0. The maximum absolute atomic E-state index is 10.7. The Morgan fingerprint density at radius 2 is 2.14 bits per heavy atom. The van der Waals surface area contributed by atoms with Gasteiger partial charge in [-0.3, -0.25) is 9.69 Å². The van der Waals surface area contributed by atoms with Gasteiger partial charge in [0, 0.05) is 12.1 Å². The molecule has 1 N–H and O–H groups in total. The molecule has 1 rings (SSSR count). The molecule has 1 aliphatic rings. The minimum absolute atomic E-state index is 0.187. The SMILES string of the molecule is CC1CCCC1N(CC(=O)O)C(C)C. The van der Waals surface area contributed by atoms with Crippen LogP contribution in [0.2, 0.25) is 0 Å². The molecule has 1 fully saturated rings. The summed E-state index contributed by atoms with van der Waals surface area (Å²) in [5, 5.41) is 8.84. The van der Waals surface area contributed by atoms with Crippen LogP contribution in [0.25, 0.3) is 0 Å². The van der Waals surface area contributed by atoms with Crippen LogP contribution in [0.5, 0.6) is 0 Å². The Labute approximate surface area is 86.1 Å². The maximum atomic E-state index is 10.7. The average Bonchev–Trinajstić information content (AvgIpc) is 2.46. The lowest BCUT2D eigenvalue weighted by Gasteiger charge is -2.33. The van der Waals surface area contributed by atoms with Gasteiger partial charge in [0.05, 0.1) is 6.54 Å². The Kier molecular flexibility index (Phi) is 3.93. The van der Waals surface area contributed by atoms with Crippen LogP contribution in [-0.4, -0.2) is 34.6 Å². The van der Waals surface area contributed by atoms with Crippen LogP contribution in [-0.2, 0) is 4.79 Å². The largest absolute Gasteiger partial charge is 0.480 e. The normalized spacial score (nSPS) is 27.5. The van der Waals surface area contributed by atoms with E-state index in [0.29, 0.717) is 18.0 Å². The van der Waals surface area contributed by atoms with Crippen LogP contribution < -0.4 is 0 Å². The van der Waals surface area contributed by atoms with Gasteiger partial charge in [-0.2, -0.15) is 0 Å². The van der Waals surface area contributed by atoms with Gasteiger partial charge in [0.2, 0.25) is 0 Å². The summed E-state index contributed by atoms with van der Waals surface area (Å²) in [6.45, 7) is 6.57. The van der Waals surface area contributed by atoms with E-state index in [9.17, 15) is 4.79 Å². The molecule has 0 aromatic carbocycles. The molecule has 0 radical (unpaired) electrons. The first-order chi connectivity index (χ1) is 6.52. The fraction of sp³-hybridized carbons (Fsp3) is 0.909. The van der Waals surface area contributed by atoms with Gasteiger partial charge in [-0.15, -0.1) is 0 Å². The van der Waals surface area contributed by atoms with Gasteiger partial charge in [0.15, 0.2) is 0 Å². The number of hydrogen-bond donors (Lipinski definition) is 1. The second-order valence-corrected chi connectivity index (χ2v) is 4.64. The molecule has 2 atom stereocenters. The third-order valence-electron chi connectivity index (χ3n) is 3.22. The third-order valence-corrected chi connectivity index (χ3v) is 3.22. The van der Waals surface area contributed by atoms with Crippen LogP contribution in [0.3, 0.4) is 0 Å². The number of carboxylic acids is 1. The van der Waals surface area contributed by atoms with Gasteiger partial charge in [-0.25, -0.2) is 0 Å². The Morgan fingerprint density at radius 3 is 2.50 bits per heavy atom. The maximum Gasteiger partial charge on any atom is 0.317 e. The fourth-order valence-corrected chi connectivity index (χ4v) is 2.46. The highest BCUT2D eigenvalue weighted by atomic mass is 16.4. The molecular formula is C11H21NO2. The third kappa shape index (κ3) is 2.71. The van der Waals surface area contributed by atoms with Crippen molar-refractivity contribution < 1.29 is 9.90 Å². The van der Waals surface area contributed by atoms with Crippen molar-refractivity contribution in [3.05, 3.63) is 0 Å². The molecule has 3 nitrogen and oxygen atoms in total. The number of rotatable bonds is 4. The van der Waals surface area contributed by atoms with Crippen LogP contribution in [0, 0.1) is 5.92 Å². The molecule has 82 valence electrons. The lowest BCUT2D eigenvalue weighted by Crippen LogP contribution is -2.44. The minimum Gasteiger partial charge on any atom is -0.480 e. The van der Waals surface area contributed by atoms with E-state index in [1.807, 2.05) is 0 Å². The van der Waals surface area contributed by atoms with Crippen molar-refractivity contribution in [2.24, 2.45) is 5.92 Å². The van der Waals surface area contributed by atoms with E-state index in [1.54, 1.807) is 0 Å². The van der Waals surface area contributed by atoms with E-state index >= 15 is 0 Å². The van der Waals surface area contributed by atoms with E-state index in [-0.39, 0.29) is 6.54 Å². The standard InChI is InChI=1S/C11H21NO2/c1-8(2)12(7-11(13)14)10-6-4-5-9(10)3/h8-10H,4-7H2,1-3H3,(H,13,14). The summed E-state index contributed by atoms with van der Waals surface area (Å²) in [7, 11) is 0. The first-order valence-electron chi connectivity index (χ1n) is 5.50. The molecule has 0 heterocycles. The van der Waals surface area contributed by atoms with Crippen molar-refractivity contribution >= 4 is 5.97 Å². The molecule has 1 saturated carbocycles. The summed E-state index contributed by atoms with van der Waals surface area (Å²) in [4.78, 5) is 12.9. The van der Waals surface area contributed by atoms with Gasteiger partial charge in [0.1, 0.15) is 0 Å². The molecular weight excluding hydrogens is 178 g/mol. The van der Waals surface area contributed by atoms with Crippen LogP contribution in [0.15, 0.2) is 0 Å². The van der Waals surface area contributed by atoms with Crippen molar-refractivity contribution in [1.82, 2.24) is 4.90 Å². The monoisotopic (exact) mass is 199 g/mol. The zero-order valence-corrected chi connectivity index (χ0v) is 9.36. The Balaban J connectivity index is 2.61. The predicted octanol–water partition coefficient (Wildman–Crippen LogP) is 1.97. The quantitative estimate of drug-likeness (QED) is 0.752. The van der Waals surface area contributed by atoms with E-state index in [2.05, 4.69) is 25.7 Å². The molecule has 0 amide bonds. The zero-order chi connectivity index (χ0) is 10.7. The van der Waals surface area contributed by atoms with E-state index < -0.39 is 5.97 Å². The van der Waals surface area contributed by atoms with Crippen molar-refractivity contribution in [2.75, 3.05) is 6.54 Å². The van der Waals surface area contributed by atoms with Crippen LogP contribution >= 0.6 is 0 Å². The predicted molar refractivity (Wildman–Crippen MR) is 56.3 cm³/mol. The molecule has 0 spiro atoms.